The molecule has 1 saturated carbocycles. The van der Waals surface area contributed by atoms with Gasteiger partial charge in [-0.25, -0.2) is 18.4 Å². The third kappa shape index (κ3) is 4.46. The lowest BCUT2D eigenvalue weighted by Crippen LogP contribution is -2.35. The maximum absolute atomic E-state index is 11.2. The lowest BCUT2D eigenvalue weighted by atomic mass is 9.60. The summed E-state index contributed by atoms with van der Waals surface area (Å²) in [5.41, 5.74) is 4.86. The molecular formula is C23H25N3O3S. The Morgan fingerprint density at radius 1 is 0.967 bits per heavy atom. The Kier molecular flexibility index (Phi) is 5.47. The first kappa shape index (κ1) is 20.3. The molecule has 0 amide bonds. The minimum Gasteiger partial charge on any atom is -0.489 e. The van der Waals surface area contributed by atoms with Gasteiger partial charge in [0, 0.05) is 23.4 Å². The Balaban J connectivity index is 1.42. The summed E-state index contributed by atoms with van der Waals surface area (Å²) < 4.78 is 30.5. The molecule has 2 aromatic carbocycles. The summed E-state index contributed by atoms with van der Waals surface area (Å²) in [6.07, 6.45) is 7.74. The first-order valence-electron chi connectivity index (χ1n) is 9.93. The molecule has 0 atom stereocenters. The monoisotopic (exact) mass is 423 g/mol. The molecule has 1 aliphatic rings. The van der Waals surface area contributed by atoms with E-state index >= 15 is 0 Å². The Hall–Kier alpha value is -2.93. The third-order valence-corrected chi connectivity index (χ3v) is 6.16. The highest BCUT2D eigenvalue weighted by Crippen LogP contribution is 2.49. The van der Waals surface area contributed by atoms with Crippen LogP contribution in [0.1, 0.15) is 41.5 Å². The van der Waals surface area contributed by atoms with Gasteiger partial charge in [-0.3, -0.25) is 4.72 Å². The van der Waals surface area contributed by atoms with E-state index in [1.807, 2.05) is 12.1 Å². The molecule has 1 aliphatic carbocycles. The van der Waals surface area contributed by atoms with Crippen molar-refractivity contribution in [1.29, 1.82) is 0 Å². The lowest BCUT2D eigenvalue weighted by Gasteiger charge is -2.43. The smallest absolute Gasteiger partial charge is 0.236 e. The van der Waals surface area contributed by atoms with E-state index in [1.54, 1.807) is 12.4 Å². The summed E-state index contributed by atoms with van der Waals surface area (Å²) in [6.45, 7) is 2.42. The van der Waals surface area contributed by atoms with E-state index < -0.39 is 10.0 Å². The average Bonchev–Trinajstić information content (AvgIpc) is 2.68. The van der Waals surface area contributed by atoms with Gasteiger partial charge in [-0.2, -0.15) is 0 Å². The van der Waals surface area contributed by atoms with Crippen molar-refractivity contribution in [3.05, 3.63) is 83.2 Å². The van der Waals surface area contributed by atoms with Crippen molar-refractivity contribution in [3.63, 3.8) is 0 Å². The summed E-state index contributed by atoms with van der Waals surface area (Å²) in [6, 6.07) is 17.2. The van der Waals surface area contributed by atoms with E-state index in [9.17, 15) is 8.42 Å². The van der Waals surface area contributed by atoms with Crippen LogP contribution < -0.4 is 9.46 Å². The second kappa shape index (κ2) is 8.07. The first-order chi connectivity index (χ1) is 14.3. The van der Waals surface area contributed by atoms with E-state index in [4.69, 9.17) is 4.74 Å². The highest BCUT2D eigenvalue weighted by molar-refractivity contribution is 7.91. The Bertz CT molecular complexity index is 1110. The molecule has 0 bridgehead atoms. The predicted octanol–water partition coefficient (Wildman–Crippen LogP) is 4.21. The molecule has 0 aliphatic heterocycles. The molecule has 6 nitrogen and oxygen atoms in total. The molecule has 0 radical (unpaired) electrons. The van der Waals surface area contributed by atoms with Crippen LogP contribution >= 0.6 is 0 Å². The molecule has 0 unspecified atom stereocenters. The third-order valence-electron chi connectivity index (χ3n) is 5.61. The number of rotatable bonds is 7. The largest absolute Gasteiger partial charge is 0.489 e. The van der Waals surface area contributed by atoms with Crippen molar-refractivity contribution in [1.82, 2.24) is 9.97 Å². The van der Waals surface area contributed by atoms with E-state index in [1.165, 1.54) is 36.0 Å². The predicted molar refractivity (Wildman–Crippen MR) is 117 cm³/mol. The SMILES string of the molecule is Cc1ccc(C2(c3ccc(OCc4cnc(NS(C)(=O)=O)nc4)cc3)CCC2)cc1. The summed E-state index contributed by atoms with van der Waals surface area (Å²) in [5, 5.41) is 0. The van der Waals surface area contributed by atoms with Crippen molar-refractivity contribution >= 4 is 16.0 Å². The van der Waals surface area contributed by atoms with Gasteiger partial charge in [0.05, 0.1) is 6.26 Å². The van der Waals surface area contributed by atoms with Crippen molar-refractivity contribution in [3.8, 4) is 5.75 Å². The molecule has 0 spiro atoms. The molecule has 1 N–H and O–H groups in total. The van der Waals surface area contributed by atoms with Gasteiger partial charge < -0.3 is 4.74 Å². The summed E-state index contributed by atoms with van der Waals surface area (Å²) in [5.74, 6) is 0.822. The van der Waals surface area contributed by atoms with Crippen LogP contribution in [0.15, 0.2) is 60.9 Å². The maximum Gasteiger partial charge on any atom is 0.236 e. The molecule has 1 heterocycles. The average molecular weight is 424 g/mol. The highest BCUT2D eigenvalue weighted by Gasteiger charge is 2.40. The summed E-state index contributed by atoms with van der Waals surface area (Å²) >= 11 is 0. The van der Waals surface area contributed by atoms with Crippen LogP contribution in [0.2, 0.25) is 0 Å². The van der Waals surface area contributed by atoms with Gasteiger partial charge in [-0.05, 0) is 43.0 Å². The molecule has 7 heteroatoms. The zero-order chi connectivity index (χ0) is 21.2. The normalized spacial score (nSPS) is 15.3. The molecule has 3 aromatic rings. The fourth-order valence-electron chi connectivity index (χ4n) is 3.83. The standard InChI is InChI=1S/C23H25N3O3S/c1-17-4-6-19(7-5-17)23(12-3-13-23)20-8-10-21(11-9-20)29-16-18-14-24-22(25-15-18)26-30(2,27)28/h4-11,14-15H,3,12-13,16H2,1-2H3,(H,24,25,26). The van der Waals surface area contributed by atoms with Gasteiger partial charge in [-0.15, -0.1) is 0 Å². The molecule has 156 valence electrons. The van der Waals surface area contributed by atoms with Gasteiger partial charge in [0.2, 0.25) is 16.0 Å². The van der Waals surface area contributed by atoms with Gasteiger partial charge in [0.15, 0.2) is 0 Å². The Labute approximate surface area is 177 Å². The second-order valence-electron chi connectivity index (χ2n) is 7.90. The minimum absolute atomic E-state index is 0.0486. The van der Waals surface area contributed by atoms with Crippen LogP contribution in [0.5, 0.6) is 5.75 Å². The maximum atomic E-state index is 11.2. The molecule has 1 fully saturated rings. The number of anilines is 1. The highest BCUT2D eigenvalue weighted by atomic mass is 32.2. The zero-order valence-electron chi connectivity index (χ0n) is 17.1. The van der Waals surface area contributed by atoms with E-state index in [2.05, 4.69) is 58.0 Å². The van der Waals surface area contributed by atoms with Crippen molar-refractivity contribution in [2.45, 2.75) is 38.2 Å². The van der Waals surface area contributed by atoms with Gasteiger partial charge in [-0.1, -0.05) is 48.4 Å². The number of nitrogens with zero attached hydrogens (tertiary/aromatic N) is 2. The van der Waals surface area contributed by atoms with Crippen LogP contribution in [0.25, 0.3) is 0 Å². The summed E-state index contributed by atoms with van der Waals surface area (Å²) in [7, 11) is -3.39. The second-order valence-corrected chi connectivity index (χ2v) is 9.65. The minimum atomic E-state index is -3.39. The fraction of sp³-hybridized carbons (Fsp3) is 0.304. The van der Waals surface area contributed by atoms with Crippen LogP contribution in [0.3, 0.4) is 0 Å². The number of aryl methyl sites for hydroxylation is 1. The zero-order valence-corrected chi connectivity index (χ0v) is 17.9. The van der Waals surface area contributed by atoms with E-state index in [-0.39, 0.29) is 11.4 Å². The van der Waals surface area contributed by atoms with Crippen LogP contribution in [0, 0.1) is 6.92 Å². The van der Waals surface area contributed by atoms with Crippen molar-refractivity contribution in [2.75, 3.05) is 11.0 Å². The number of hydrogen-bond acceptors (Lipinski definition) is 5. The Morgan fingerprint density at radius 3 is 2.03 bits per heavy atom. The number of sulfonamides is 1. The van der Waals surface area contributed by atoms with Crippen LogP contribution in [-0.2, 0) is 22.0 Å². The van der Waals surface area contributed by atoms with Crippen LogP contribution in [0.4, 0.5) is 5.95 Å². The van der Waals surface area contributed by atoms with Gasteiger partial charge in [0.1, 0.15) is 12.4 Å². The number of aromatic nitrogens is 2. The first-order valence-corrected chi connectivity index (χ1v) is 11.8. The van der Waals surface area contributed by atoms with Crippen molar-refractivity contribution in [2.24, 2.45) is 0 Å². The van der Waals surface area contributed by atoms with Crippen molar-refractivity contribution < 1.29 is 13.2 Å². The van der Waals surface area contributed by atoms with Crippen LogP contribution in [-0.4, -0.2) is 24.6 Å². The number of nitrogens with one attached hydrogen (secondary N) is 1. The molecule has 0 saturated heterocycles. The summed E-state index contributed by atoms with van der Waals surface area (Å²) in [4.78, 5) is 8.00. The van der Waals surface area contributed by atoms with E-state index in [0.29, 0.717) is 6.61 Å². The molecule has 4 rings (SSSR count). The molecular weight excluding hydrogens is 398 g/mol. The number of ether oxygens (including phenoxy) is 1. The van der Waals surface area contributed by atoms with Gasteiger partial charge in [0.25, 0.3) is 0 Å². The quantitative estimate of drug-likeness (QED) is 0.616. The van der Waals surface area contributed by atoms with E-state index in [0.717, 1.165) is 17.6 Å². The fourth-order valence-corrected chi connectivity index (χ4v) is 4.27. The number of benzene rings is 2. The Morgan fingerprint density at radius 2 is 1.53 bits per heavy atom. The molecule has 1 aromatic heterocycles. The number of hydrogen-bond donors (Lipinski definition) is 1. The van der Waals surface area contributed by atoms with Gasteiger partial charge >= 0.3 is 0 Å². The lowest BCUT2D eigenvalue weighted by molar-refractivity contribution is 0.296. The topological polar surface area (TPSA) is 81.2 Å². The molecule has 30 heavy (non-hydrogen) atoms.